The molecule has 1 aliphatic rings. The fourth-order valence-electron chi connectivity index (χ4n) is 3.39. The van der Waals surface area contributed by atoms with Gasteiger partial charge < -0.3 is 10.4 Å². The highest BCUT2D eigenvalue weighted by Gasteiger charge is 2.41. The summed E-state index contributed by atoms with van der Waals surface area (Å²) < 4.78 is 27.3. The summed E-state index contributed by atoms with van der Waals surface area (Å²) >= 11 is 0. The van der Waals surface area contributed by atoms with Crippen molar-refractivity contribution in [1.82, 2.24) is 5.32 Å². The Labute approximate surface area is 149 Å². The van der Waals surface area contributed by atoms with Gasteiger partial charge in [-0.15, -0.1) is 0 Å². The highest BCUT2D eigenvalue weighted by Crippen LogP contribution is 2.42. The number of carboxylic acids is 1. The van der Waals surface area contributed by atoms with Gasteiger partial charge in [0.05, 0.1) is 11.1 Å². The molecule has 4 nitrogen and oxygen atoms in total. The van der Waals surface area contributed by atoms with Crippen molar-refractivity contribution in [3.05, 3.63) is 70.8 Å². The van der Waals surface area contributed by atoms with E-state index in [9.17, 15) is 23.5 Å². The largest absolute Gasteiger partial charge is 0.478 e. The SMILES string of the molecule is O=C(CCc1ccccc1C(=O)O)NC1(c2ccc(F)cc2F)CCC1. The van der Waals surface area contributed by atoms with Crippen LogP contribution < -0.4 is 5.32 Å². The molecule has 1 fully saturated rings. The molecule has 3 rings (SSSR count). The van der Waals surface area contributed by atoms with Gasteiger partial charge in [-0.05, 0) is 43.4 Å². The van der Waals surface area contributed by atoms with E-state index in [-0.39, 0.29) is 24.3 Å². The number of carboxylic acid groups (broad SMARTS) is 1. The van der Waals surface area contributed by atoms with E-state index in [2.05, 4.69) is 5.32 Å². The summed E-state index contributed by atoms with van der Waals surface area (Å²) in [6, 6.07) is 9.92. The van der Waals surface area contributed by atoms with Crippen molar-refractivity contribution in [2.75, 3.05) is 0 Å². The van der Waals surface area contributed by atoms with Crippen molar-refractivity contribution in [3.63, 3.8) is 0 Å². The monoisotopic (exact) mass is 359 g/mol. The van der Waals surface area contributed by atoms with Gasteiger partial charge in [-0.2, -0.15) is 0 Å². The van der Waals surface area contributed by atoms with Crippen LogP contribution in [0.5, 0.6) is 0 Å². The number of rotatable bonds is 6. The highest BCUT2D eigenvalue weighted by atomic mass is 19.1. The molecule has 26 heavy (non-hydrogen) atoms. The fraction of sp³-hybridized carbons (Fsp3) is 0.300. The normalized spacial score (nSPS) is 15.2. The van der Waals surface area contributed by atoms with Gasteiger partial charge in [-0.3, -0.25) is 4.79 Å². The van der Waals surface area contributed by atoms with Crippen LogP contribution in [-0.2, 0) is 16.8 Å². The van der Waals surface area contributed by atoms with E-state index < -0.39 is 23.1 Å². The summed E-state index contributed by atoms with van der Waals surface area (Å²) in [5.41, 5.74) is 0.236. The summed E-state index contributed by atoms with van der Waals surface area (Å²) in [7, 11) is 0. The lowest BCUT2D eigenvalue weighted by atomic mass is 9.71. The lowest BCUT2D eigenvalue weighted by Gasteiger charge is -2.43. The topological polar surface area (TPSA) is 66.4 Å². The highest BCUT2D eigenvalue weighted by molar-refractivity contribution is 5.89. The van der Waals surface area contributed by atoms with Crippen molar-refractivity contribution in [3.8, 4) is 0 Å². The number of aromatic carboxylic acids is 1. The number of hydrogen-bond acceptors (Lipinski definition) is 2. The quantitative estimate of drug-likeness (QED) is 0.825. The number of carbonyl (C=O) groups excluding carboxylic acids is 1. The number of halogens is 2. The van der Waals surface area contributed by atoms with E-state index in [1.54, 1.807) is 18.2 Å². The van der Waals surface area contributed by atoms with Crippen LogP contribution in [0.25, 0.3) is 0 Å². The second kappa shape index (κ2) is 7.23. The van der Waals surface area contributed by atoms with Crippen molar-refractivity contribution in [2.45, 2.75) is 37.6 Å². The van der Waals surface area contributed by atoms with Crippen LogP contribution in [0.4, 0.5) is 8.78 Å². The van der Waals surface area contributed by atoms with Gasteiger partial charge in [0, 0.05) is 18.1 Å². The van der Waals surface area contributed by atoms with E-state index in [1.807, 2.05) is 0 Å². The molecule has 2 aromatic carbocycles. The molecule has 1 amide bonds. The van der Waals surface area contributed by atoms with Crippen LogP contribution in [0.1, 0.15) is 47.2 Å². The van der Waals surface area contributed by atoms with Crippen LogP contribution >= 0.6 is 0 Å². The van der Waals surface area contributed by atoms with Crippen molar-refractivity contribution >= 4 is 11.9 Å². The van der Waals surface area contributed by atoms with Crippen molar-refractivity contribution < 1.29 is 23.5 Å². The zero-order chi connectivity index (χ0) is 18.7. The van der Waals surface area contributed by atoms with Crippen molar-refractivity contribution in [1.29, 1.82) is 0 Å². The smallest absolute Gasteiger partial charge is 0.335 e. The zero-order valence-electron chi connectivity index (χ0n) is 14.1. The van der Waals surface area contributed by atoms with E-state index in [4.69, 9.17) is 0 Å². The molecule has 2 aromatic rings. The molecule has 1 aliphatic carbocycles. The van der Waals surface area contributed by atoms with Crippen LogP contribution in [0.3, 0.4) is 0 Å². The third-order valence-electron chi connectivity index (χ3n) is 4.90. The molecule has 0 aliphatic heterocycles. The lowest BCUT2D eigenvalue weighted by molar-refractivity contribution is -0.124. The molecule has 0 saturated heterocycles. The second-order valence-corrected chi connectivity index (χ2v) is 6.57. The Hall–Kier alpha value is -2.76. The summed E-state index contributed by atoms with van der Waals surface area (Å²) in [4.78, 5) is 23.6. The van der Waals surface area contributed by atoms with E-state index in [0.717, 1.165) is 12.5 Å². The maximum absolute atomic E-state index is 14.2. The predicted octanol–water partition coefficient (Wildman–Crippen LogP) is 3.79. The molecule has 6 heteroatoms. The fourth-order valence-corrected chi connectivity index (χ4v) is 3.39. The lowest BCUT2D eigenvalue weighted by Crippen LogP contribution is -2.51. The molecule has 136 valence electrons. The molecular weight excluding hydrogens is 340 g/mol. The van der Waals surface area contributed by atoms with Gasteiger partial charge >= 0.3 is 5.97 Å². The van der Waals surface area contributed by atoms with Gasteiger partial charge in [0.25, 0.3) is 0 Å². The number of nitrogens with one attached hydrogen (secondary N) is 1. The van der Waals surface area contributed by atoms with Gasteiger partial charge in [-0.25, -0.2) is 13.6 Å². The summed E-state index contributed by atoms with van der Waals surface area (Å²) in [5.74, 6) is -2.64. The first kappa shape index (κ1) is 18.0. The van der Waals surface area contributed by atoms with Gasteiger partial charge in [0.15, 0.2) is 0 Å². The third kappa shape index (κ3) is 3.59. The maximum Gasteiger partial charge on any atom is 0.335 e. The minimum Gasteiger partial charge on any atom is -0.478 e. The molecule has 2 N–H and O–H groups in total. The van der Waals surface area contributed by atoms with Crippen molar-refractivity contribution in [2.24, 2.45) is 0 Å². The van der Waals surface area contributed by atoms with Gasteiger partial charge in [-0.1, -0.05) is 24.3 Å². The van der Waals surface area contributed by atoms with E-state index in [1.165, 1.54) is 18.2 Å². The van der Waals surface area contributed by atoms with E-state index in [0.29, 0.717) is 24.0 Å². The maximum atomic E-state index is 14.2. The van der Waals surface area contributed by atoms with Crippen LogP contribution in [0.15, 0.2) is 42.5 Å². The Balaban J connectivity index is 1.70. The van der Waals surface area contributed by atoms with Gasteiger partial charge in [0.1, 0.15) is 11.6 Å². The number of carbonyl (C=O) groups is 2. The summed E-state index contributed by atoms with van der Waals surface area (Å²) in [6.07, 6.45) is 2.39. The van der Waals surface area contributed by atoms with E-state index >= 15 is 0 Å². The first-order valence-electron chi connectivity index (χ1n) is 8.49. The average Bonchev–Trinajstić information content (AvgIpc) is 2.57. The zero-order valence-corrected chi connectivity index (χ0v) is 14.1. The Bertz CT molecular complexity index is 847. The Kier molecular flexibility index (Phi) is 5.02. The molecular formula is C20H19F2NO3. The first-order valence-corrected chi connectivity index (χ1v) is 8.49. The minimum absolute atomic E-state index is 0.0921. The molecule has 0 atom stereocenters. The Morgan fingerprint density at radius 2 is 1.85 bits per heavy atom. The van der Waals surface area contributed by atoms with Gasteiger partial charge in [0.2, 0.25) is 5.91 Å². The minimum atomic E-state index is -1.04. The molecule has 0 unspecified atom stereocenters. The number of hydrogen-bond donors (Lipinski definition) is 2. The third-order valence-corrected chi connectivity index (χ3v) is 4.90. The Morgan fingerprint density at radius 3 is 2.46 bits per heavy atom. The summed E-state index contributed by atoms with van der Waals surface area (Å²) in [5, 5.41) is 12.1. The predicted molar refractivity (Wildman–Crippen MR) is 91.8 cm³/mol. The molecule has 1 saturated carbocycles. The molecule has 0 bridgehead atoms. The first-order chi connectivity index (χ1) is 12.4. The molecule has 0 aromatic heterocycles. The standard InChI is InChI=1S/C20H19F2NO3/c21-14-7-8-16(17(22)12-14)20(10-3-11-20)23-18(24)9-6-13-4-1-2-5-15(13)19(25)26/h1-2,4-5,7-8,12H,3,6,9-11H2,(H,23,24)(H,25,26). The second-order valence-electron chi connectivity index (χ2n) is 6.57. The number of amides is 1. The van der Waals surface area contributed by atoms with Crippen LogP contribution in [0, 0.1) is 11.6 Å². The summed E-state index contributed by atoms with van der Waals surface area (Å²) in [6.45, 7) is 0. The number of benzene rings is 2. The average molecular weight is 359 g/mol. The molecule has 0 spiro atoms. The number of aryl methyl sites for hydroxylation is 1. The molecule has 0 radical (unpaired) electrons. The van der Waals surface area contributed by atoms with Crippen LogP contribution in [-0.4, -0.2) is 17.0 Å². The Morgan fingerprint density at radius 1 is 1.12 bits per heavy atom. The van der Waals surface area contributed by atoms with Crippen LogP contribution in [0.2, 0.25) is 0 Å². The molecule has 0 heterocycles.